The van der Waals surface area contributed by atoms with Gasteiger partial charge in [0.15, 0.2) is 0 Å². The number of aromatic carboxylic acids is 1. The van der Waals surface area contributed by atoms with Crippen molar-refractivity contribution in [2.24, 2.45) is 0 Å². The Bertz CT molecular complexity index is 375. The van der Waals surface area contributed by atoms with Crippen molar-refractivity contribution < 1.29 is 9.90 Å². The summed E-state index contributed by atoms with van der Waals surface area (Å²) in [6.07, 6.45) is 2.59. The maximum atomic E-state index is 11.0. The average Bonchev–Trinajstić information content (AvgIpc) is 2.15. The van der Waals surface area contributed by atoms with Crippen molar-refractivity contribution in [2.45, 2.75) is 26.2 Å². The van der Waals surface area contributed by atoms with Crippen LogP contribution in [0.3, 0.4) is 0 Å². The molecule has 0 fully saturated rings. The number of carboxylic acid groups (broad SMARTS) is 1. The van der Waals surface area contributed by atoms with E-state index in [1.54, 1.807) is 6.07 Å². The zero-order valence-electron chi connectivity index (χ0n) is 8.39. The molecule has 82 valence electrons. The predicted molar refractivity (Wildman–Crippen MR) is 62.0 cm³/mol. The predicted octanol–water partition coefficient (Wildman–Crippen LogP) is 4.03. The lowest BCUT2D eigenvalue weighted by molar-refractivity contribution is 0.0695. The Morgan fingerprint density at radius 2 is 2.07 bits per heavy atom. The van der Waals surface area contributed by atoms with Crippen LogP contribution in [0.4, 0.5) is 0 Å². The molecule has 0 spiro atoms. The van der Waals surface area contributed by atoms with Crippen molar-refractivity contribution in [1.82, 2.24) is 0 Å². The van der Waals surface area contributed by atoms with Gasteiger partial charge in [-0.1, -0.05) is 36.5 Å². The number of hydrogen-bond donors (Lipinski definition) is 1. The molecule has 0 amide bonds. The lowest BCUT2D eigenvalue weighted by Gasteiger charge is -2.08. The van der Waals surface area contributed by atoms with Crippen molar-refractivity contribution in [1.29, 1.82) is 0 Å². The summed E-state index contributed by atoms with van der Waals surface area (Å²) >= 11 is 11.7. The van der Waals surface area contributed by atoms with E-state index in [0.29, 0.717) is 22.0 Å². The molecule has 0 aliphatic carbocycles. The van der Waals surface area contributed by atoms with Gasteiger partial charge in [0.25, 0.3) is 0 Å². The fraction of sp³-hybridized carbons (Fsp3) is 0.364. The Labute approximate surface area is 98.8 Å². The highest BCUT2D eigenvalue weighted by Crippen LogP contribution is 2.26. The van der Waals surface area contributed by atoms with Gasteiger partial charge >= 0.3 is 5.97 Å². The first-order valence-corrected chi connectivity index (χ1v) is 5.53. The van der Waals surface area contributed by atoms with E-state index in [9.17, 15) is 4.79 Å². The largest absolute Gasteiger partial charge is 0.478 e. The van der Waals surface area contributed by atoms with Crippen molar-refractivity contribution in [3.05, 3.63) is 33.3 Å². The van der Waals surface area contributed by atoms with Gasteiger partial charge in [-0.05, 0) is 30.5 Å². The second kappa shape index (κ2) is 5.38. The normalized spacial score (nSPS) is 10.3. The van der Waals surface area contributed by atoms with Crippen molar-refractivity contribution in [3.63, 3.8) is 0 Å². The number of rotatable bonds is 4. The smallest absolute Gasteiger partial charge is 0.336 e. The summed E-state index contributed by atoms with van der Waals surface area (Å²) in [5.41, 5.74) is 0.886. The molecule has 0 heterocycles. The highest BCUT2D eigenvalue weighted by molar-refractivity contribution is 6.35. The Morgan fingerprint density at radius 1 is 1.40 bits per heavy atom. The van der Waals surface area contributed by atoms with Gasteiger partial charge < -0.3 is 5.11 Å². The summed E-state index contributed by atoms with van der Waals surface area (Å²) in [5.74, 6) is -0.981. The molecule has 1 aromatic carbocycles. The molecule has 0 aromatic heterocycles. The summed E-state index contributed by atoms with van der Waals surface area (Å²) < 4.78 is 0. The van der Waals surface area contributed by atoms with Crippen LogP contribution in [0.25, 0.3) is 0 Å². The fourth-order valence-corrected chi connectivity index (χ4v) is 1.99. The van der Waals surface area contributed by atoms with Gasteiger partial charge in [-0.15, -0.1) is 0 Å². The number of carboxylic acids is 1. The maximum Gasteiger partial charge on any atom is 0.336 e. The molecule has 1 rings (SSSR count). The van der Waals surface area contributed by atoms with Crippen LogP contribution < -0.4 is 0 Å². The molecule has 4 heteroatoms. The minimum Gasteiger partial charge on any atom is -0.478 e. The van der Waals surface area contributed by atoms with Crippen molar-refractivity contribution in [2.75, 3.05) is 0 Å². The average molecular weight is 247 g/mol. The van der Waals surface area contributed by atoms with Crippen molar-refractivity contribution in [3.8, 4) is 0 Å². The summed E-state index contributed by atoms with van der Waals surface area (Å²) in [4.78, 5) is 11.0. The quantitative estimate of drug-likeness (QED) is 0.871. The molecule has 1 aromatic rings. The van der Waals surface area contributed by atoms with Gasteiger partial charge in [0.1, 0.15) is 0 Å². The molecular weight excluding hydrogens is 235 g/mol. The highest BCUT2D eigenvalue weighted by Gasteiger charge is 2.14. The molecule has 0 radical (unpaired) electrons. The minimum absolute atomic E-state index is 0.209. The van der Waals surface area contributed by atoms with Crippen LogP contribution in [0.15, 0.2) is 12.1 Å². The standard InChI is InChI=1S/C11H12Cl2O2/c1-2-3-4-8-9(11(14)15)5-7(12)6-10(8)13/h5-6H,2-4H2,1H3,(H,14,15). The van der Waals surface area contributed by atoms with E-state index in [1.807, 2.05) is 6.92 Å². The van der Waals surface area contributed by atoms with Crippen LogP contribution in [0.5, 0.6) is 0 Å². The molecule has 15 heavy (non-hydrogen) atoms. The Hall–Kier alpha value is -0.730. The molecule has 0 aliphatic rings. The number of hydrogen-bond acceptors (Lipinski definition) is 1. The number of halogens is 2. The van der Waals surface area contributed by atoms with Gasteiger partial charge in [-0.25, -0.2) is 4.79 Å². The zero-order chi connectivity index (χ0) is 11.4. The second-order valence-electron chi connectivity index (χ2n) is 3.32. The van der Waals surface area contributed by atoms with E-state index in [4.69, 9.17) is 28.3 Å². The van der Waals surface area contributed by atoms with Crippen molar-refractivity contribution >= 4 is 29.2 Å². The van der Waals surface area contributed by atoms with Crippen LogP contribution in [0, 0.1) is 0 Å². The van der Waals surface area contributed by atoms with Crippen LogP contribution in [0.1, 0.15) is 35.7 Å². The van der Waals surface area contributed by atoms with Gasteiger partial charge in [0.05, 0.1) is 5.56 Å². The molecule has 0 saturated carbocycles. The summed E-state index contributed by atoms with van der Waals surface area (Å²) in [5, 5.41) is 9.79. The molecule has 0 unspecified atom stereocenters. The molecule has 0 saturated heterocycles. The molecular formula is C11H12Cl2O2. The Balaban J connectivity index is 3.15. The highest BCUT2D eigenvalue weighted by atomic mass is 35.5. The minimum atomic E-state index is -0.981. The van der Waals surface area contributed by atoms with Crippen LogP contribution in [0.2, 0.25) is 10.0 Å². The van der Waals surface area contributed by atoms with Gasteiger partial charge in [0.2, 0.25) is 0 Å². The van der Waals surface area contributed by atoms with E-state index in [-0.39, 0.29) is 5.56 Å². The van der Waals surface area contributed by atoms with E-state index >= 15 is 0 Å². The monoisotopic (exact) mass is 246 g/mol. The van der Waals surface area contributed by atoms with Crippen LogP contribution in [-0.4, -0.2) is 11.1 Å². The fourth-order valence-electron chi connectivity index (χ4n) is 1.40. The van der Waals surface area contributed by atoms with E-state index in [0.717, 1.165) is 12.8 Å². The zero-order valence-corrected chi connectivity index (χ0v) is 9.90. The molecule has 0 atom stereocenters. The topological polar surface area (TPSA) is 37.3 Å². The van der Waals surface area contributed by atoms with Gasteiger partial charge in [-0.2, -0.15) is 0 Å². The third-order valence-electron chi connectivity index (χ3n) is 2.17. The first kappa shape index (κ1) is 12.3. The SMILES string of the molecule is CCCCc1c(Cl)cc(Cl)cc1C(=O)O. The maximum absolute atomic E-state index is 11.0. The lowest BCUT2D eigenvalue weighted by atomic mass is 10.0. The summed E-state index contributed by atoms with van der Waals surface area (Å²) in [7, 11) is 0. The van der Waals surface area contributed by atoms with Crippen LogP contribution in [-0.2, 0) is 6.42 Å². The Kier molecular flexibility index (Phi) is 4.43. The lowest BCUT2D eigenvalue weighted by Crippen LogP contribution is -2.03. The third kappa shape index (κ3) is 3.11. The van der Waals surface area contributed by atoms with E-state index < -0.39 is 5.97 Å². The number of carbonyl (C=O) groups is 1. The summed E-state index contributed by atoms with van der Waals surface area (Å²) in [6.45, 7) is 2.05. The van der Waals surface area contributed by atoms with E-state index in [2.05, 4.69) is 0 Å². The van der Waals surface area contributed by atoms with Crippen LogP contribution >= 0.6 is 23.2 Å². The molecule has 0 aliphatic heterocycles. The third-order valence-corrected chi connectivity index (χ3v) is 2.73. The molecule has 2 nitrogen and oxygen atoms in total. The molecule has 0 bridgehead atoms. The van der Waals surface area contributed by atoms with Gasteiger partial charge in [-0.3, -0.25) is 0 Å². The first-order chi connectivity index (χ1) is 7.06. The molecule has 1 N–H and O–H groups in total. The first-order valence-electron chi connectivity index (χ1n) is 4.77. The van der Waals surface area contributed by atoms with E-state index in [1.165, 1.54) is 6.07 Å². The Morgan fingerprint density at radius 3 is 2.60 bits per heavy atom. The van der Waals surface area contributed by atoms with Gasteiger partial charge in [0, 0.05) is 10.0 Å². The number of benzene rings is 1. The summed E-state index contributed by atoms with van der Waals surface area (Å²) in [6, 6.07) is 3.03. The second-order valence-corrected chi connectivity index (χ2v) is 4.17. The number of unbranched alkanes of at least 4 members (excludes halogenated alkanes) is 1.